The minimum Gasteiger partial charge on any atom is -0.493 e. The number of fused-ring (bicyclic) bond motifs is 1. The standard InChI is InChI=1S/C15H15N3O3/c19-14(12-9-16-6-7-17-12)18-10-15(20)5-8-21-13-4-2-1-3-11(13)15/h1-4,6-7,9,20H,5,8,10H2,(H,18,19). The second-order valence-electron chi connectivity index (χ2n) is 4.90. The van der Waals surface area contributed by atoms with Gasteiger partial charge >= 0.3 is 0 Å². The molecule has 0 radical (unpaired) electrons. The number of amides is 1. The summed E-state index contributed by atoms with van der Waals surface area (Å²) < 4.78 is 5.52. The first-order valence-electron chi connectivity index (χ1n) is 6.68. The highest BCUT2D eigenvalue weighted by atomic mass is 16.5. The van der Waals surface area contributed by atoms with Crippen LogP contribution in [0.25, 0.3) is 0 Å². The lowest BCUT2D eigenvalue weighted by Crippen LogP contribution is -2.44. The smallest absolute Gasteiger partial charge is 0.271 e. The zero-order chi connectivity index (χ0) is 14.7. The number of carbonyl (C=O) groups excluding carboxylic acids is 1. The number of para-hydroxylation sites is 1. The van der Waals surface area contributed by atoms with Crippen molar-refractivity contribution in [3.8, 4) is 5.75 Å². The SMILES string of the molecule is O=C(NCC1(O)CCOc2ccccc21)c1cnccn1. The molecule has 1 unspecified atom stereocenters. The molecule has 0 saturated heterocycles. The number of aliphatic hydroxyl groups is 1. The van der Waals surface area contributed by atoms with Crippen molar-refractivity contribution in [1.82, 2.24) is 15.3 Å². The molecule has 1 aliphatic rings. The number of nitrogens with zero attached hydrogens (tertiary/aromatic N) is 2. The van der Waals surface area contributed by atoms with Crippen LogP contribution in [0.15, 0.2) is 42.9 Å². The second-order valence-corrected chi connectivity index (χ2v) is 4.90. The maximum atomic E-state index is 12.0. The van der Waals surface area contributed by atoms with Crippen molar-refractivity contribution in [3.05, 3.63) is 54.1 Å². The van der Waals surface area contributed by atoms with E-state index in [2.05, 4.69) is 15.3 Å². The Labute approximate surface area is 121 Å². The maximum absolute atomic E-state index is 12.0. The maximum Gasteiger partial charge on any atom is 0.271 e. The summed E-state index contributed by atoms with van der Waals surface area (Å²) in [6.07, 6.45) is 4.76. The summed E-state index contributed by atoms with van der Waals surface area (Å²) in [5, 5.41) is 13.5. The number of carbonyl (C=O) groups is 1. The van der Waals surface area contributed by atoms with E-state index in [1.165, 1.54) is 18.6 Å². The van der Waals surface area contributed by atoms with E-state index in [4.69, 9.17) is 4.74 Å². The lowest BCUT2D eigenvalue weighted by Gasteiger charge is -2.34. The van der Waals surface area contributed by atoms with Gasteiger partial charge in [0.15, 0.2) is 0 Å². The van der Waals surface area contributed by atoms with Gasteiger partial charge in [0.1, 0.15) is 17.0 Å². The Morgan fingerprint density at radius 3 is 3.05 bits per heavy atom. The van der Waals surface area contributed by atoms with Crippen molar-refractivity contribution < 1.29 is 14.6 Å². The summed E-state index contributed by atoms with van der Waals surface area (Å²) in [4.78, 5) is 19.8. The monoisotopic (exact) mass is 285 g/mol. The predicted octanol–water partition coefficient (Wildman–Crippen LogP) is 0.877. The molecule has 1 aliphatic heterocycles. The number of benzene rings is 1. The first-order valence-corrected chi connectivity index (χ1v) is 6.68. The third kappa shape index (κ3) is 2.71. The van der Waals surface area contributed by atoms with E-state index < -0.39 is 5.60 Å². The molecule has 2 N–H and O–H groups in total. The lowest BCUT2D eigenvalue weighted by molar-refractivity contribution is -0.00164. The Kier molecular flexibility index (Phi) is 3.53. The van der Waals surface area contributed by atoms with E-state index in [0.29, 0.717) is 24.3 Å². The zero-order valence-electron chi connectivity index (χ0n) is 11.3. The molecule has 0 saturated carbocycles. The normalized spacial score (nSPS) is 20.2. The summed E-state index contributed by atoms with van der Waals surface area (Å²) in [6.45, 7) is 0.511. The third-order valence-corrected chi connectivity index (χ3v) is 3.50. The number of aromatic nitrogens is 2. The molecule has 3 rings (SSSR count). The van der Waals surface area contributed by atoms with Crippen LogP contribution in [-0.4, -0.2) is 34.1 Å². The topological polar surface area (TPSA) is 84.3 Å². The molecule has 1 amide bonds. The molecule has 108 valence electrons. The fourth-order valence-corrected chi connectivity index (χ4v) is 2.36. The van der Waals surface area contributed by atoms with Gasteiger partial charge in [0.25, 0.3) is 5.91 Å². The summed E-state index contributed by atoms with van der Waals surface area (Å²) in [5.74, 6) is 0.292. The number of hydrogen-bond acceptors (Lipinski definition) is 5. The highest BCUT2D eigenvalue weighted by molar-refractivity contribution is 5.91. The van der Waals surface area contributed by atoms with Gasteiger partial charge in [-0.15, -0.1) is 0 Å². The number of hydrogen-bond donors (Lipinski definition) is 2. The van der Waals surface area contributed by atoms with Crippen LogP contribution >= 0.6 is 0 Å². The Hall–Kier alpha value is -2.47. The van der Waals surface area contributed by atoms with E-state index >= 15 is 0 Å². The molecule has 1 aromatic carbocycles. The van der Waals surface area contributed by atoms with E-state index in [1.54, 1.807) is 0 Å². The molecule has 1 atom stereocenters. The molecule has 0 aliphatic carbocycles. The van der Waals surface area contributed by atoms with Crippen molar-refractivity contribution in [1.29, 1.82) is 0 Å². The molecule has 21 heavy (non-hydrogen) atoms. The number of nitrogens with one attached hydrogen (secondary N) is 1. The first-order chi connectivity index (χ1) is 10.2. The zero-order valence-corrected chi connectivity index (χ0v) is 11.3. The summed E-state index contributed by atoms with van der Waals surface area (Å²) in [5.41, 5.74) is -0.218. The van der Waals surface area contributed by atoms with Crippen LogP contribution in [-0.2, 0) is 5.60 Å². The van der Waals surface area contributed by atoms with Crippen molar-refractivity contribution in [2.45, 2.75) is 12.0 Å². The van der Waals surface area contributed by atoms with Gasteiger partial charge in [-0.3, -0.25) is 9.78 Å². The summed E-state index contributed by atoms with van der Waals surface area (Å²) >= 11 is 0. The van der Waals surface area contributed by atoms with E-state index in [0.717, 1.165) is 0 Å². The molecule has 0 spiro atoms. The fourth-order valence-electron chi connectivity index (χ4n) is 2.36. The largest absolute Gasteiger partial charge is 0.493 e. The Morgan fingerprint density at radius 2 is 2.24 bits per heavy atom. The van der Waals surface area contributed by atoms with E-state index in [-0.39, 0.29) is 18.1 Å². The Bertz CT molecular complexity index is 648. The summed E-state index contributed by atoms with van der Waals surface area (Å²) in [6, 6.07) is 7.30. The first kappa shape index (κ1) is 13.5. The van der Waals surface area contributed by atoms with Gasteiger partial charge in [-0.2, -0.15) is 0 Å². The third-order valence-electron chi connectivity index (χ3n) is 3.50. The Balaban J connectivity index is 1.75. The average Bonchev–Trinajstić information content (AvgIpc) is 2.54. The van der Waals surface area contributed by atoms with Gasteiger partial charge in [0, 0.05) is 24.4 Å². The predicted molar refractivity (Wildman–Crippen MR) is 74.8 cm³/mol. The van der Waals surface area contributed by atoms with Gasteiger partial charge < -0.3 is 15.2 Å². The Morgan fingerprint density at radius 1 is 1.38 bits per heavy atom. The molecule has 2 heterocycles. The van der Waals surface area contributed by atoms with Crippen molar-refractivity contribution in [2.24, 2.45) is 0 Å². The van der Waals surface area contributed by atoms with Crippen LogP contribution in [0.4, 0.5) is 0 Å². The van der Waals surface area contributed by atoms with Gasteiger partial charge in [-0.25, -0.2) is 4.98 Å². The van der Waals surface area contributed by atoms with Gasteiger partial charge in [-0.1, -0.05) is 18.2 Å². The van der Waals surface area contributed by atoms with Gasteiger partial charge in [0.05, 0.1) is 19.3 Å². The number of ether oxygens (including phenoxy) is 1. The molecule has 1 aromatic heterocycles. The second kappa shape index (κ2) is 5.49. The van der Waals surface area contributed by atoms with Crippen LogP contribution in [0.3, 0.4) is 0 Å². The van der Waals surface area contributed by atoms with Crippen LogP contribution in [0.1, 0.15) is 22.5 Å². The number of rotatable bonds is 3. The highest BCUT2D eigenvalue weighted by Gasteiger charge is 2.35. The molecule has 0 fully saturated rings. The molecule has 2 aromatic rings. The molecule has 6 nitrogen and oxygen atoms in total. The minimum absolute atomic E-state index is 0.1000. The lowest BCUT2D eigenvalue weighted by atomic mass is 9.88. The van der Waals surface area contributed by atoms with E-state index in [9.17, 15) is 9.90 Å². The van der Waals surface area contributed by atoms with Crippen LogP contribution in [0.2, 0.25) is 0 Å². The van der Waals surface area contributed by atoms with Crippen molar-refractivity contribution in [2.75, 3.05) is 13.2 Å². The van der Waals surface area contributed by atoms with Gasteiger partial charge in [0.2, 0.25) is 0 Å². The highest BCUT2D eigenvalue weighted by Crippen LogP contribution is 2.36. The molecule has 6 heteroatoms. The van der Waals surface area contributed by atoms with Crippen LogP contribution in [0, 0.1) is 0 Å². The quantitative estimate of drug-likeness (QED) is 0.874. The molecular weight excluding hydrogens is 270 g/mol. The fraction of sp³-hybridized carbons (Fsp3) is 0.267. The molecular formula is C15H15N3O3. The minimum atomic E-state index is -1.13. The van der Waals surface area contributed by atoms with Gasteiger partial charge in [-0.05, 0) is 6.07 Å². The van der Waals surface area contributed by atoms with Crippen LogP contribution < -0.4 is 10.1 Å². The molecule has 0 bridgehead atoms. The van der Waals surface area contributed by atoms with Crippen molar-refractivity contribution >= 4 is 5.91 Å². The van der Waals surface area contributed by atoms with Crippen LogP contribution in [0.5, 0.6) is 5.75 Å². The van der Waals surface area contributed by atoms with E-state index in [1.807, 2.05) is 24.3 Å². The van der Waals surface area contributed by atoms with Crippen molar-refractivity contribution in [3.63, 3.8) is 0 Å². The summed E-state index contributed by atoms with van der Waals surface area (Å²) in [7, 11) is 0. The average molecular weight is 285 g/mol.